The van der Waals surface area contributed by atoms with Crippen molar-refractivity contribution in [1.82, 2.24) is 4.90 Å². The van der Waals surface area contributed by atoms with Crippen LogP contribution < -0.4 is 0 Å². The van der Waals surface area contributed by atoms with Crippen LogP contribution in [0.1, 0.15) is 17.5 Å². The Hall–Kier alpha value is -1.60. The van der Waals surface area contributed by atoms with Gasteiger partial charge in [0.15, 0.2) is 0 Å². The smallest absolute Gasteiger partial charge is 0.416 e. The van der Waals surface area contributed by atoms with Gasteiger partial charge in [0, 0.05) is 19.5 Å². The summed E-state index contributed by atoms with van der Waals surface area (Å²) in [5.41, 5.74) is -0.157. The molecular formula is C13H14F3NO3. The van der Waals surface area contributed by atoms with E-state index in [-0.39, 0.29) is 19.5 Å². The molecule has 2 rings (SSSR count). The van der Waals surface area contributed by atoms with Gasteiger partial charge < -0.3 is 10.2 Å². The molecule has 1 aliphatic heterocycles. The molecule has 0 spiro atoms. The number of aliphatic hydroxyl groups excluding tert-OH is 1. The molecule has 0 radical (unpaired) electrons. The molecule has 1 aromatic rings. The Morgan fingerprint density at radius 3 is 2.40 bits per heavy atom. The van der Waals surface area contributed by atoms with Gasteiger partial charge in [-0.2, -0.15) is 13.2 Å². The standard InChI is InChI=1S/C13H14F3NO3/c14-13(15,16)9-3-1-8(2-4-9)6-17-7-10(18)5-11(17)12(19)20/h1-4,10-11,18H,5-7H2,(H,19,20). The maximum absolute atomic E-state index is 12.4. The van der Waals surface area contributed by atoms with Gasteiger partial charge in [0.05, 0.1) is 11.7 Å². The third-order valence-electron chi connectivity index (χ3n) is 3.33. The number of carboxylic acid groups (broad SMARTS) is 1. The summed E-state index contributed by atoms with van der Waals surface area (Å²) in [7, 11) is 0. The second kappa shape index (κ2) is 5.41. The first kappa shape index (κ1) is 14.8. The van der Waals surface area contributed by atoms with E-state index in [0.29, 0.717) is 5.56 Å². The van der Waals surface area contributed by atoms with Gasteiger partial charge in [0.1, 0.15) is 6.04 Å². The first-order valence-electron chi connectivity index (χ1n) is 6.08. The fourth-order valence-corrected chi connectivity index (χ4v) is 2.34. The molecule has 1 saturated heterocycles. The molecule has 2 unspecified atom stereocenters. The summed E-state index contributed by atoms with van der Waals surface area (Å²) in [5.74, 6) is -1.03. The van der Waals surface area contributed by atoms with E-state index in [1.54, 1.807) is 4.90 Å². The predicted molar refractivity (Wildman–Crippen MR) is 63.9 cm³/mol. The average molecular weight is 289 g/mol. The number of carbonyl (C=O) groups is 1. The highest BCUT2D eigenvalue weighted by Crippen LogP contribution is 2.29. The topological polar surface area (TPSA) is 60.8 Å². The Morgan fingerprint density at radius 1 is 1.30 bits per heavy atom. The summed E-state index contributed by atoms with van der Waals surface area (Å²) in [6.07, 6.45) is -4.97. The summed E-state index contributed by atoms with van der Waals surface area (Å²) in [6.45, 7) is 0.407. The monoisotopic (exact) mass is 289 g/mol. The first-order valence-corrected chi connectivity index (χ1v) is 6.08. The number of β-amino-alcohol motifs (C(OH)–C–C–N with tert-alkyl or cyclic N) is 1. The van der Waals surface area contributed by atoms with Crippen LogP contribution in [0, 0.1) is 0 Å². The van der Waals surface area contributed by atoms with E-state index in [4.69, 9.17) is 5.11 Å². The summed E-state index contributed by atoms with van der Waals surface area (Å²) < 4.78 is 37.3. The number of halogens is 3. The van der Waals surface area contributed by atoms with E-state index in [0.717, 1.165) is 12.1 Å². The van der Waals surface area contributed by atoms with E-state index >= 15 is 0 Å². The fourth-order valence-electron chi connectivity index (χ4n) is 2.34. The first-order chi connectivity index (χ1) is 9.27. The second-order valence-electron chi connectivity index (χ2n) is 4.87. The highest BCUT2D eigenvalue weighted by Gasteiger charge is 2.36. The van der Waals surface area contributed by atoms with Crippen molar-refractivity contribution in [3.05, 3.63) is 35.4 Å². The number of nitrogens with zero attached hydrogens (tertiary/aromatic N) is 1. The number of rotatable bonds is 3. The lowest BCUT2D eigenvalue weighted by Crippen LogP contribution is -2.35. The van der Waals surface area contributed by atoms with E-state index in [1.165, 1.54) is 12.1 Å². The molecule has 4 nitrogen and oxygen atoms in total. The van der Waals surface area contributed by atoms with Crippen LogP contribution in [0.4, 0.5) is 13.2 Å². The highest BCUT2D eigenvalue weighted by molar-refractivity contribution is 5.74. The number of likely N-dealkylation sites (tertiary alicyclic amines) is 1. The molecule has 1 aliphatic rings. The van der Waals surface area contributed by atoms with Crippen LogP contribution in [0.2, 0.25) is 0 Å². The molecule has 1 fully saturated rings. The number of hydrogen-bond acceptors (Lipinski definition) is 3. The van der Waals surface area contributed by atoms with Gasteiger partial charge in [-0.1, -0.05) is 12.1 Å². The number of alkyl halides is 3. The SMILES string of the molecule is O=C(O)C1CC(O)CN1Cc1ccc(C(F)(F)F)cc1. The Balaban J connectivity index is 2.08. The average Bonchev–Trinajstić information content (AvgIpc) is 2.70. The Bertz CT molecular complexity index is 487. The fraction of sp³-hybridized carbons (Fsp3) is 0.462. The van der Waals surface area contributed by atoms with E-state index in [2.05, 4.69) is 0 Å². The molecule has 7 heteroatoms. The molecule has 0 amide bonds. The van der Waals surface area contributed by atoms with Crippen LogP contribution in [-0.2, 0) is 17.5 Å². The second-order valence-corrected chi connectivity index (χ2v) is 4.87. The molecule has 2 N–H and O–H groups in total. The van der Waals surface area contributed by atoms with Crippen molar-refractivity contribution < 1.29 is 28.2 Å². The normalized spacial score (nSPS) is 24.0. The number of hydrogen-bond donors (Lipinski definition) is 2. The summed E-state index contributed by atoms with van der Waals surface area (Å²) >= 11 is 0. The lowest BCUT2D eigenvalue weighted by molar-refractivity contribution is -0.142. The van der Waals surface area contributed by atoms with Crippen LogP contribution in [0.3, 0.4) is 0 Å². The van der Waals surface area contributed by atoms with Crippen molar-refractivity contribution >= 4 is 5.97 Å². The van der Waals surface area contributed by atoms with Crippen LogP contribution >= 0.6 is 0 Å². The Labute approximate surface area is 113 Å². The number of carboxylic acids is 1. The van der Waals surface area contributed by atoms with Crippen molar-refractivity contribution in [3.63, 3.8) is 0 Å². The van der Waals surface area contributed by atoms with Crippen molar-refractivity contribution in [2.75, 3.05) is 6.54 Å². The molecule has 1 heterocycles. The summed E-state index contributed by atoms with van der Waals surface area (Å²) in [5, 5.41) is 18.5. The zero-order chi connectivity index (χ0) is 14.9. The maximum atomic E-state index is 12.4. The van der Waals surface area contributed by atoms with Crippen molar-refractivity contribution in [2.45, 2.75) is 31.3 Å². The van der Waals surface area contributed by atoms with Crippen LogP contribution in [0.15, 0.2) is 24.3 Å². The van der Waals surface area contributed by atoms with E-state index in [9.17, 15) is 23.1 Å². The molecule has 1 aromatic carbocycles. The van der Waals surface area contributed by atoms with Gasteiger partial charge >= 0.3 is 12.1 Å². The van der Waals surface area contributed by atoms with Crippen LogP contribution in [-0.4, -0.2) is 39.8 Å². The van der Waals surface area contributed by atoms with Gasteiger partial charge in [-0.25, -0.2) is 0 Å². The van der Waals surface area contributed by atoms with Gasteiger partial charge in [0.2, 0.25) is 0 Å². The number of aliphatic hydroxyl groups is 1. The maximum Gasteiger partial charge on any atom is 0.416 e. The van der Waals surface area contributed by atoms with Crippen molar-refractivity contribution in [2.24, 2.45) is 0 Å². The number of aliphatic carboxylic acids is 1. The molecule has 0 bridgehead atoms. The molecule has 20 heavy (non-hydrogen) atoms. The molecular weight excluding hydrogens is 275 g/mol. The molecule has 2 atom stereocenters. The van der Waals surface area contributed by atoms with Gasteiger partial charge in [-0.15, -0.1) is 0 Å². The third-order valence-corrected chi connectivity index (χ3v) is 3.33. The molecule has 0 saturated carbocycles. The van der Waals surface area contributed by atoms with Crippen molar-refractivity contribution in [1.29, 1.82) is 0 Å². The largest absolute Gasteiger partial charge is 0.480 e. The lowest BCUT2D eigenvalue weighted by atomic mass is 10.1. The van der Waals surface area contributed by atoms with Gasteiger partial charge in [-0.05, 0) is 17.7 Å². The lowest BCUT2D eigenvalue weighted by Gasteiger charge is -2.20. The zero-order valence-electron chi connectivity index (χ0n) is 10.5. The minimum absolute atomic E-state index is 0.135. The van der Waals surface area contributed by atoms with E-state index in [1.807, 2.05) is 0 Å². The van der Waals surface area contributed by atoms with E-state index < -0.39 is 29.9 Å². The minimum Gasteiger partial charge on any atom is -0.480 e. The van der Waals surface area contributed by atoms with Crippen LogP contribution in [0.5, 0.6) is 0 Å². The Morgan fingerprint density at radius 2 is 1.90 bits per heavy atom. The van der Waals surface area contributed by atoms with Crippen molar-refractivity contribution in [3.8, 4) is 0 Å². The van der Waals surface area contributed by atoms with Gasteiger partial charge in [0.25, 0.3) is 0 Å². The minimum atomic E-state index is -4.38. The quantitative estimate of drug-likeness (QED) is 0.889. The molecule has 110 valence electrons. The highest BCUT2D eigenvalue weighted by atomic mass is 19.4. The zero-order valence-corrected chi connectivity index (χ0v) is 10.5. The predicted octanol–water partition coefficient (Wildman–Crippen LogP) is 1.73. The number of benzene rings is 1. The summed E-state index contributed by atoms with van der Waals surface area (Å²) in [6, 6.07) is 3.79. The Kier molecular flexibility index (Phi) is 4.01. The van der Waals surface area contributed by atoms with Gasteiger partial charge in [-0.3, -0.25) is 9.69 Å². The summed E-state index contributed by atoms with van der Waals surface area (Å²) in [4.78, 5) is 12.6. The molecule has 0 aromatic heterocycles. The molecule has 0 aliphatic carbocycles. The van der Waals surface area contributed by atoms with Crippen LogP contribution in [0.25, 0.3) is 0 Å². The third kappa shape index (κ3) is 3.29.